The summed E-state index contributed by atoms with van der Waals surface area (Å²) < 4.78 is 28.4. The van der Waals surface area contributed by atoms with Crippen molar-refractivity contribution in [3.05, 3.63) is 82.7 Å². The van der Waals surface area contributed by atoms with Crippen LogP contribution in [0.15, 0.2) is 48.5 Å². The van der Waals surface area contributed by atoms with Crippen molar-refractivity contribution in [2.45, 2.75) is 33.0 Å². The Hall–Kier alpha value is -2.57. The number of hydrogen-bond donors (Lipinski definition) is 1. The van der Waals surface area contributed by atoms with E-state index >= 15 is 0 Å². The lowest BCUT2D eigenvalue weighted by Gasteiger charge is -2.28. The van der Waals surface area contributed by atoms with Gasteiger partial charge in [0.05, 0.1) is 17.1 Å². The highest BCUT2D eigenvalue weighted by Gasteiger charge is 2.25. The molecule has 28 heavy (non-hydrogen) atoms. The van der Waals surface area contributed by atoms with Gasteiger partial charge in [-0.3, -0.25) is 4.90 Å². The van der Waals surface area contributed by atoms with Gasteiger partial charge in [-0.25, -0.2) is 13.5 Å². The lowest BCUT2D eigenvalue weighted by Crippen LogP contribution is -2.31. The number of halogens is 2. The van der Waals surface area contributed by atoms with Gasteiger partial charge in [-0.05, 0) is 48.5 Å². The molecule has 0 bridgehead atoms. The molecular formula is C22H24F2N4. The first-order valence-electron chi connectivity index (χ1n) is 9.67. The predicted molar refractivity (Wildman–Crippen MR) is 105 cm³/mol. The maximum absolute atomic E-state index is 13.3. The Morgan fingerprint density at radius 3 is 2.36 bits per heavy atom. The van der Waals surface area contributed by atoms with Crippen LogP contribution in [0.1, 0.15) is 29.4 Å². The smallest absolute Gasteiger partial charge is 0.123 e. The van der Waals surface area contributed by atoms with Gasteiger partial charge in [0.2, 0.25) is 0 Å². The highest BCUT2D eigenvalue weighted by Crippen LogP contribution is 2.26. The van der Waals surface area contributed by atoms with E-state index in [0.717, 1.165) is 49.5 Å². The molecule has 6 heteroatoms. The largest absolute Gasteiger partial charge is 0.311 e. The molecule has 1 aliphatic rings. The SMILES string of the molecule is CCNCc1nn(-c2ccc(F)cc2)c2c1CN(Cc1ccc(F)cc1)CC2. The molecule has 146 valence electrons. The summed E-state index contributed by atoms with van der Waals surface area (Å²) in [7, 11) is 0. The standard InChI is InChI=1S/C22H24F2N4/c1-2-25-13-21-20-15-27(14-16-3-5-17(23)6-4-16)12-11-22(20)28(26-21)19-9-7-18(24)8-10-19/h3-10,25H,2,11-15H2,1H3. The van der Waals surface area contributed by atoms with Crippen molar-refractivity contribution in [1.29, 1.82) is 0 Å². The van der Waals surface area contributed by atoms with Crippen molar-refractivity contribution in [1.82, 2.24) is 20.0 Å². The van der Waals surface area contributed by atoms with Gasteiger partial charge in [0, 0.05) is 38.2 Å². The van der Waals surface area contributed by atoms with E-state index in [1.165, 1.54) is 35.5 Å². The maximum atomic E-state index is 13.3. The number of rotatable bonds is 6. The lowest BCUT2D eigenvalue weighted by atomic mass is 10.0. The second-order valence-electron chi connectivity index (χ2n) is 7.13. The second kappa shape index (κ2) is 8.20. The first-order valence-corrected chi connectivity index (χ1v) is 9.67. The molecule has 2 heterocycles. The number of hydrogen-bond acceptors (Lipinski definition) is 3. The monoisotopic (exact) mass is 382 g/mol. The Kier molecular flexibility index (Phi) is 5.50. The van der Waals surface area contributed by atoms with Crippen molar-refractivity contribution >= 4 is 0 Å². The van der Waals surface area contributed by atoms with Crippen LogP contribution in [0.4, 0.5) is 8.78 Å². The molecule has 1 N–H and O–H groups in total. The normalized spacial score (nSPS) is 14.2. The van der Waals surface area contributed by atoms with Crippen LogP contribution in [0.5, 0.6) is 0 Å². The lowest BCUT2D eigenvalue weighted by molar-refractivity contribution is 0.243. The third-order valence-corrected chi connectivity index (χ3v) is 5.15. The van der Waals surface area contributed by atoms with Gasteiger partial charge in [-0.15, -0.1) is 0 Å². The Labute approximate surface area is 163 Å². The Morgan fingerprint density at radius 1 is 1.00 bits per heavy atom. The minimum absolute atomic E-state index is 0.210. The summed E-state index contributed by atoms with van der Waals surface area (Å²) in [5.41, 5.74) is 5.44. The molecule has 0 fully saturated rings. The second-order valence-corrected chi connectivity index (χ2v) is 7.13. The Bertz CT molecular complexity index is 932. The molecule has 1 aliphatic heterocycles. The molecule has 0 atom stereocenters. The van der Waals surface area contributed by atoms with Crippen LogP contribution in [0.2, 0.25) is 0 Å². The number of nitrogens with zero attached hydrogens (tertiary/aromatic N) is 3. The minimum atomic E-state index is -0.247. The van der Waals surface area contributed by atoms with Crippen molar-refractivity contribution in [3.8, 4) is 5.69 Å². The van der Waals surface area contributed by atoms with Crippen LogP contribution in [0, 0.1) is 11.6 Å². The van der Waals surface area contributed by atoms with E-state index < -0.39 is 0 Å². The third kappa shape index (κ3) is 3.98. The molecule has 1 aromatic heterocycles. The molecule has 0 saturated carbocycles. The number of nitrogens with one attached hydrogen (secondary N) is 1. The predicted octanol–water partition coefficient (Wildman–Crippen LogP) is 3.82. The summed E-state index contributed by atoms with van der Waals surface area (Å²) in [6.45, 7) is 6.13. The summed E-state index contributed by atoms with van der Waals surface area (Å²) in [4.78, 5) is 2.36. The molecule has 4 nitrogen and oxygen atoms in total. The highest BCUT2D eigenvalue weighted by atomic mass is 19.1. The van der Waals surface area contributed by atoms with E-state index in [2.05, 4.69) is 17.1 Å². The average Bonchev–Trinajstić information content (AvgIpc) is 3.07. The zero-order valence-corrected chi connectivity index (χ0v) is 16.0. The molecule has 0 radical (unpaired) electrons. The first kappa shape index (κ1) is 18.8. The quantitative estimate of drug-likeness (QED) is 0.704. The maximum Gasteiger partial charge on any atom is 0.123 e. The van der Waals surface area contributed by atoms with Gasteiger partial charge in [0.15, 0.2) is 0 Å². The fourth-order valence-corrected chi connectivity index (χ4v) is 3.71. The fourth-order valence-electron chi connectivity index (χ4n) is 3.71. The summed E-state index contributed by atoms with van der Waals surface area (Å²) in [6, 6.07) is 13.2. The summed E-state index contributed by atoms with van der Waals surface area (Å²) >= 11 is 0. The van der Waals surface area contributed by atoms with Gasteiger partial charge in [-0.1, -0.05) is 19.1 Å². The van der Waals surface area contributed by atoms with Crippen LogP contribution in [-0.2, 0) is 26.1 Å². The van der Waals surface area contributed by atoms with Gasteiger partial charge in [-0.2, -0.15) is 5.10 Å². The zero-order chi connectivity index (χ0) is 19.5. The average molecular weight is 382 g/mol. The number of benzene rings is 2. The van der Waals surface area contributed by atoms with E-state index in [4.69, 9.17) is 5.10 Å². The summed E-state index contributed by atoms with van der Waals surface area (Å²) in [5, 5.41) is 8.20. The van der Waals surface area contributed by atoms with Crippen LogP contribution >= 0.6 is 0 Å². The topological polar surface area (TPSA) is 33.1 Å². The molecule has 0 aliphatic carbocycles. The Morgan fingerprint density at radius 2 is 1.68 bits per heavy atom. The molecule has 3 aromatic rings. The van der Waals surface area contributed by atoms with Crippen molar-refractivity contribution < 1.29 is 8.78 Å². The molecular weight excluding hydrogens is 358 g/mol. The van der Waals surface area contributed by atoms with Crippen LogP contribution < -0.4 is 5.32 Å². The van der Waals surface area contributed by atoms with Crippen molar-refractivity contribution in [2.24, 2.45) is 0 Å². The molecule has 0 saturated heterocycles. The third-order valence-electron chi connectivity index (χ3n) is 5.15. The van der Waals surface area contributed by atoms with E-state index in [1.807, 2.05) is 16.8 Å². The van der Waals surface area contributed by atoms with E-state index in [0.29, 0.717) is 6.54 Å². The van der Waals surface area contributed by atoms with E-state index in [9.17, 15) is 8.78 Å². The van der Waals surface area contributed by atoms with Gasteiger partial charge < -0.3 is 5.32 Å². The van der Waals surface area contributed by atoms with Gasteiger partial charge >= 0.3 is 0 Å². The Balaban J connectivity index is 1.61. The van der Waals surface area contributed by atoms with E-state index in [-0.39, 0.29) is 11.6 Å². The number of fused-ring (bicyclic) bond motifs is 1. The van der Waals surface area contributed by atoms with Crippen molar-refractivity contribution in [3.63, 3.8) is 0 Å². The molecule has 0 unspecified atom stereocenters. The van der Waals surface area contributed by atoms with Crippen molar-refractivity contribution in [2.75, 3.05) is 13.1 Å². The summed E-state index contributed by atoms with van der Waals surface area (Å²) in [5.74, 6) is -0.457. The number of aromatic nitrogens is 2. The fraction of sp³-hybridized carbons (Fsp3) is 0.318. The van der Waals surface area contributed by atoms with Crippen LogP contribution in [0.25, 0.3) is 5.69 Å². The minimum Gasteiger partial charge on any atom is -0.311 e. The van der Waals surface area contributed by atoms with Crippen LogP contribution in [0.3, 0.4) is 0 Å². The van der Waals surface area contributed by atoms with Gasteiger partial charge in [0.1, 0.15) is 11.6 Å². The molecule has 0 spiro atoms. The highest BCUT2D eigenvalue weighted by molar-refractivity contribution is 5.39. The summed E-state index contributed by atoms with van der Waals surface area (Å²) in [6.07, 6.45) is 0.868. The zero-order valence-electron chi connectivity index (χ0n) is 16.0. The van der Waals surface area contributed by atoms with Gasteiger partial charge in [0.25, 0.3) is 0 Å². The first-order chi connectivity index (χ1) is 13.6. The van der Waals surface area contributed by atoms with Crippen LogP contribution in [-0.4, -0.2) is 27.8 Å². The molecule has 0 amide bonds. The molecule has 2 aromatic carbocycles. The van der Waals surface area contributed by atoms with E-state index in [1.54, 1.807) is 12.1 Å². The molecule has 4 rings (SSSR count).